The molecule has 1 aliphatic rings. The van der Waals surface area contributed by atoms with Gasteiger partial charge in [-0.2, -0.15) is 0 Å². The van der Waals surface area contributed by atoms with E-state index in [1.54, 1.807) is 0 Å². The molecule has 0 radical (unpaired) electrons. The Hall–Kier alpha value is -0.120. The standard InChI is InChI=1S/C11H23NO2/c1-4-9(2)5-12-6-11(7-13)14-8-10(12)3/h9-11,13H,4-8H2,1-3H3. The average molecular weight is 201 g/mol. The van der Waals surface area contributed by atoms with Gasteiger partial charge in [-0.3, -0.25) is 4.90 Å². The molecule has 3 heteroatoms. The molecule has 1 fully saturated rings. The van der Waals surface area contributed by atoms with E-state index >= 15 is 0 Å². The number of aliphatic hydroxyl groups is 1. The Kier molecular flexibility index (Phi) is 4.85. The smallest absolute Gasteiger partial charge is 0.0933 e. The number of hydrogen-bond donors (Lipinski definition) is 1. The summed E-state index contributed by atoms with van der Waals surface area (Å²) in [6.45, 7) is 9.58. The van der Waals surface area contributed by atoms with Gasteiger partial charge in [-0.1, -0.05) is 20.3 Å². The van der Waals surface area contributed by atoms with E-state index in [0.29, 0.717) is 6.04 Å². The Bertz CT molecular complexity index is 161. The largest absolute Gasteiger partial charge is 0.394 e. The first-order chi connectivity index (χ1) is 6.67. The summed E-state index contributed by atoms with van der Waals surface area (Å²) >= 11 is 0. The summed E-state index contributed by atoms with van der Waals surface area (Å²) in [5.74, 6) is 0.731. The zero-order chi connectivity index (χ0) is 10.6. The molecule has 0 saturated carbocycles. The van der Waals surface area contributed by atoms with Gasteiger partial charge in [0.1, 0.15) is 0 Å². The van der Waals surface area contributed by atoms with Crippen molar-refractivity contribution >= 4 is 0 Å². The number of aliphatic hydroxyl groups excluding tert-OH is 1. The number of morpholine rings is 1. The van der Waals surface area contributed by atoms with Crippen LogP contribution in [0.2, 0.25) is 0 Å². The molecule has 0 spiro atoms. The molecule has 1 N–H and O–H groups in total. The third kappa shape index (κ3) is 3.23. The minimum atomic E-state index is 0.0234. The molecule has 0 aromatic rings. The maximum atomic E-state index is 9.03. The zero-order valence-electron chi connectivity index (χ0n) is 9.57. The molecule has 0 aromatic heterocycles. The van der Waals surface area contributed by atoms with Crippen molar-refractivity contribution in [3.05, 3.63) is 0 Å². The Morgan fingerprint density at radius 2 is 2.29 bits per heavy atom. The predicted octanol–water partition coefficient (Wildman–Crippen LogP) is 1.11. The Morgan fingerprint density at radius 1 is 1.57 bits per heavy atom. The van der Waals surface area contributed by atoms with Crippen LogP contribution in [0.3, 0.4) is 0 Å². The number of ether oxygens (including phenoxy) is 1. The molecule has 3 unspecified atom stereocenters. The predicted molar refractivity (Wildman–Crippen MR) is 57.3 cm³/mol. The van der Waals surface area contributed by atoms with E-state index in [0.717, 1.165) is 25.6 Å². The van der Waals surface area contributed by atoms with Gasteiger partial charge in [0, 0.05) is 19.1 Å². The molecule has 0 aromatic carbocycles. The molecule has 3 atom stereocenters. The lowest BCUT2D eigenvalue weighted by Crippen LogP contribution is -2.50. The van der Waals surface area contributed by atoms with Gasteiger partial charge in [-0.15, -0.1) is 0 Å². The third-order valence-electron chi connectivity index (χ3n) is 3.08. The van der Waals surface area contributed by atoms with Gasteiger partial charge in [0.15, 0.2) is 0 Å². The highest BCUT2D eigenvalue weighted by Gasteiger charge is 2.25. The normalized spacial score (nSPS) is 31.7. The fourth-order valence-corrected chi connectivity index (χ4v) is 1.77. The molecule has 1 aliphatic heterocycles. The van der Waals surface area contributed by atoms with Crippen LogP contribution in [0, 0.1) is 5.92 Å². The fourth-order valence-electron chi connectivity index (χ4n) is 1.77. The summed E-state index contributed by atoms with van der Waals surface area (Å²) < 4.78 is 5.49. The molecular weight excluding hydrogens is 178 g/mol. The summed E-state index contributed by atoms with van der Waals surface area (Å²) in [6, 6.07) is 0.492. The van der Waals surface area contributed by atoms with Crippen molar-refractivity contribution < 1.29 is 9.84 Å². The van der Waals surface area contributed by atoms with E-state index in [9.17, 15) is 0 Å². The Balaban J connectivity index is 2.40. The lowest BCUT2D eigenvalue weighted by molar-refractivity contribution is -0.0810. The summed E-state index contributed by atoms with van der Waals surface area (Å²) in [5, 5.41) is 9.03. The minimum absolute atomic E-state index is 0.0234. The van der Waals surface area contributed by atoms with E-state index in [-0.39, 0.29) is 12.7 Å². The number of hydrogen-bond acceptors (Lipinski definition) is 3. The van der Waals surface area contributed by atoms with Crippen LogP contribution in [0.15, 0.2) is 0 Å². The van der Waals surface area contributed by atoms with Crippen LogP contribution in [-0.4, -0.2) is 48.5 Å². The van der Waals surface area contributed by atoms with Gasteiger partial charge in [-0.25, -0.2) is 0 Å². The summed E-state index contributed by atoms with van der Waals surface area (Å²) in [4.78, 5) is 2.43. The van der Waals surface area contributed by atoms with Gasteiger partial charge in [-0.05, 0) is 12.8 Å². The van der Waals surface area contributed by atoms with E-state index in [2.05, 4.69) is 25.7 Å². The second kappa shape index (κ2) is 5.69. The van der Waals surface area contributed by atoms with Crippen LogP contribution in [0.1, 0.15) is 27.2 Å². The minimum Gasteiger partial charge on any atom is -0.394 e. The third-order valence-corrected chi connectivity index (χ3v) is 3.08. The van der Waals surface area contributed by atoms with Crippen LogP contribution in [0.25, 0.3) is 0 Å². The molecule has 1 rings (SSSR count). The van der Waals surface area contributed by atoms with Gasteiger partial charge in [0.25, 0.3) is 0 Å². The first-order valence-corrected chi connectivity index (χ1v) is 5.63. The van der Waals surface area contributed by atoms with E-state index in [4.69, 9.17) is 9.84 Å². The maximum absolute atomic E-state index is 9.03. The SMILES string of the molecule is CCC(C)CN1CC(CO)OCC1C. The van der Waals surface area contributed by atoms with Crippen LogP contribution >= 0.6 is 0 Å². The summed E-state index contributed by atoms with van der Waals surface area (Å²) in [7, 11) is 0. The summed E-state index contributed by atoms with van der Waals surface area (Å²) in [5.41, 5.74) is 0. The van der Waals surface area contributed by atoms with Crippen LogP contribution < -0.4 is 0 Å². The number of rotatable bonds is 4. The van der Waals surface area contributed by atoms with E-state index < -0.39 is 0 Å². The monoisotopic (exact) mass is 201 g/mol. The highest BCUT2D eigenvalue weighted by molar-refractivity contribution is 4.78. The molecular formula is C11H23NO2. The first-order valence-electron chi connectivity index (χ1n) is 5.63. The van der Waals surface area contributed by atoms with Crippen LogP contribution in [0.4, 0.5) is 0 Å². The molecule has 1 heterocycles. The Labute approximate surface area is 87.1 Å². The highest BCUT2D eigenvalue weighted by atomic mass is 16.5. The van der Waals surface area contributed by atoms with Crippen molar-refractivity contribution in [2.75, 3.05) is 26.3 Å². The van der Waals surface area contributed by atoms with Crippen molar-refractivity contribution in [3.8, 4) is 0 Å². The van der Waals surface area contributed by atoms with Crippen molar-refractivity contribution in [2.45, 2.75) is 39.3 Å². The molecule has 0 bridgehead atoms. The molecule has 84 valence electrons. The van der Waals surface area contributed by atoms with Gasteiger partial charge < -0.3 is 9.84 Å². The quantitative estimate of drug-likeness (QED) is 0.739. The number of nitrogens with zero attached hydrogens (tertiary/aromatic N) is 1. The molecule has 14 heavy (non-hydrogen) atoms. The van der Waals surface area contributed by atoms with Crippen molar-refractivity contribution in [2.24, 2.45) is 5.92 Å². The van der Waals surface area contributed by atoms with E-state index in [1.165, 1.54) is 6.42 Å². The van der Waals surface area contributed by atoms with Gasteiger partial charge in [0.05, 0.1) is 19.3 Å². The Morgan fingerprint density at radius 3 is 2.86 bits per heavy atom. The topological polar surface area (TPSA) is 32.7 Å². The lowest BCUT2D eigenvalue weighted by Gasteiger charge is -2.38. The molecule has 3 nitrogen and oxygen atoms in total. The highest BCUT2D eigenvalue weighted by Crippen LogP contribution is 2.14. The van der Waals surface area contributed by atoms with Crippen molar-refractivity contribution in [1.29, 1.82) is 0 Å². The fraction of sp³-hybridized carbons (Fsp3) is 1.00. The summed E-state index contributed by atoms with van der Waals surface area (Å²) in [6.07, 6.45) is 1.24. The van der Waals surface area contributed by atoms with Crippen LogP contribution in [-0.2, 0) is 4.74 Å². The zero-order valence-corrected chi connectivity index (χ0v) is 9.57. The average Bonchev–Trinajstić information content (AvgIpc) is 2.21. The molecule has 0 amide bonds. The van der Waals surface area contributed by atoms with Crippen LogP contribution in [0.5, 0.6) is 0 Å². The maximum Gasteiger partial charge on any atom is 0.0933 e. The van der Waals surface area contributed by atoms with Crippen molar-refractivity contribution in [1.82, 2.24) is 4.90 Å². The first kappa shape index (κ1) is 12.0. The lowest BCUT2D eigenvalue weighted by atomic mass is 10.1. The molecule has 1 saturated heterocycles. The second-order valence-corrected chi connectivity index (χ2v) is 4.45. The van der Waals surface area contributed by atoms with Gasteiger partial charge >= 0.3 is 0 Å². The van der Waals surface area contributed by atoms with Crippen molar-refractivity contribution in [3.63, 3.8) is 0 Å². The second-order valence-electron chi connectivity index (χ2n) is 4.45. The van der Waals surface area contributed by atoms with Gasteiger partial charge in [0.2, 0.25) is 0 Å². The molecule has 0 aliphatic carbocycles. The van der Waals surface area contributed by atoms with E-state index in [1.807, 2.05) is 0 Å².